The summed E-state index contributed by atoms with van der Waals surface area (Å²) in [5.74, 6) is 1.97. The molecule has 1 aromatic carbocycles. The van der Waals surface area contributed by atoms with Gasteiger partial charge in [-0.1, -0.05) is 19.1 Å². The first-order valence-corrected chi connectivity index (χ1v) is 6.33. The summed E-state index contributed by atoms with van der Waals surface area (Å²) >= 11 is 0. The van der Waals surface area contributed by atoms with Gasteiger partial charge in [0.05, 0.1) is 12.8 Å². The fraction of sp³-hybridized carbons (Fsp3) is 0.357. The molecule has 0 radical (unpaired) electrons. The lowest BCUT2D eigenvalue weighted by molar-refractivity contribution is 0.412. The number of hydrogen-bond donors (Lipinski definition) is 1. The minimum Gasteiger partial charge on any atom is -0.494 e. The number of aromatic nitrogens is 2. The summed E-state index contributed by atoms with van der Waals surface area (Å²) in [4.78, 5) is 0. The van der Waals surface area contributed by atoms with Crippen LogP contribution in [0.25, 0.3) is 5.69 Å². The van der Waals surface area contributed by atoms with Gasteiger partial charge in [0.15, 0.2) is 0 Å². The molecule has 0 amide bonds. The summed E-state index contributed by atoms with van der Waals surface area (Å²) in [5.41, 5.74) is 3.52. The van der Waals surface area contributed by atoms with E-state index in [1.807, 2.05) is 28.9 Å². The maximum atomic E-state index is 5.41. The predicted octanol–water partition coefficient (Wildman–Crippen LogP) is 2.41. The number of nitrogens with one attached hydrogen (secondary N) is 1. The highest BCUT2D eigenvalue weighted by molar-refractivity contribution is 5.59. The Labute approximate surface area is 107 Å². The number of anilines is 1. The molecule has 0 saturated carbocycles. The molecule has 0 atom stereocenters. The van der Waals surface area contributed by atoms with Gasteiger partial charge >= 0.3 is 0 Å². The van der Waals surface area contributed by atoms with Gasteiger partial charge in [0, 0.05) is 12.1 Å². The van der Waals surface area contributed by atoms with Crippen LogP contribution < -0.4 is 10.1 Å². The molecule has 1 aliphatic heterocycles. The Morgan fingerprint density at radius 2 is 2.22 bits per heavy atom. The quantitative estimate of drug-likeness (QED) is 0.899. The minimum absolute atomic E-state index is 0.846. The molecule has 2 heterocycles. The molecule has 4 nitrogen and oxygen atoms in total. The van der Waals surface area contributed by atoms with Crippen LogP contribution >= 0.6 is 0 Å². The number of benzene rings is 1. The molecule has 2 aromatic rings. The summed E-state index contributed by atoms with van der Waals surface area (Å²) in [5, 5.41) is 8.12. The van der Waals surface area contributed by atoms with Crippen molar-refractivity contribution in [3.8, 4) is 11.4 Å². The molecular weight excluding hydrogens is 226 g/mol. The van der Waals surface area contributed by atoms with E-state index in [0.717, 1.165) is 36.6 Å². The van der Waals surface area contributed by atoms with Gasteiger partial charge in [0.1, 0.15) is 17.3 Å². The number of methoxy groups -OCH3 is 1. The lowest BCUT2D eigenvalue weighted by atomic mass is 10.2. The molecule has 1 aliphatic rings. The Bertz CT molecular complexity index is 574. The lowest BCUT2D eigenvalue weighted by Crippen LogP contribution is -2.06. The summed E-state index contributed by atoms with van der Waals surface area (Å²) in [6.45, 7) is 3.14. The number of ether oxygens (including phenoxy) is 1. The number of hydrogen-bond acceptors (Lipinski definition) is 3. The van der Waals surface area contributed by atoms with E-state index in [0.29, 0.717) is 0 Å². The number of para-hydroxylation sites is 2. The molecule has 0 unspecified atom stereocenters. The molecule has 0 bridgehead atoms. The van der Waals surface area contributed by atoms with Crippen LogP contribution in [0.4, 0.5) is 5.82 Å². The van der Waals surface area contributed by atoms with Crippen molar-refractivity contribution in [1.29, 1.82) is 0 Å². The van der Waals surface area contributed by atoms with Crippen LogP contribution in [0.1, 0.15) is 18.2 Å². The molecule has 0 spiro atoms. The predicted molar refractivity (Wildman–Crippen MR) is 71.7 cm³/mol. The lowest BCUT2D eigenvalue weighted by Gasteiger charge is -2.10. The van der Waals surface area contributed by atoms with Gasteiger partial charge in [0.25, 0.3) is 0 Å². The first kappa shape index (κ1) is 11.1. The highest BCUT2D eigenvalue weighted by Crippen LogP contribution is 2.32. The molecule has 0 fully saturated rings. The van der Waals surface area contributed by atoms with Crippen LogP contribution in [0, 0.1) is 0 Å². The van der Waals surface area contributed by atoms with E-state index in [4.69, 9.17) is 9.84 Å². The van der Waals surface area contributed by atoms with E-state index < -0.39 is 0 Å². The zero-order chi connectivity index (χ0) is 12.5. The Kier molecular flexibility index (Phi) is 2.70. The zero-order valence-electron chi connectivity index (χ0n) is 10.7. The molecule has 1 aromatic heterocycles. The molecular formula is C14H17N3O. The van der Waals surface area contributed by atoms with Crippen LogP contribution in [0.15, 0.2) is 24.3 Å². The van der Waals surface area contributed by atoms with Crippen molar-refractivity contribution in [3.63, 3.8) is 0 Å². The monoisotopic (exact) mass is 243 g/mol. The van der Waals surface area contributed by atoms with Crippen molar-refractivity contribution in [2.45, 2.75) is 19.8 Å². The van der Waals surface area contributed by atoms with Gasteiger partial charge in [-0.25, -0.2) is 4.68 Å². The van der Waals surface area contributed by atoms with E-state index in [1.54, 1.807) is 7.11 Å². The maximum Gasteiger partial charge on any atom is 0.144 e. The van der Waals surface area contributed by atoms with Gasteiger partial charge in [-0.15, -0.1) is 0 Å². The normalized spacial score (nSPS) is 13.2. The topological polar surface area (TPSA) is 39.1 Å². The highest BCUT2D eigenvalue weighted by Gasteiger charge is 2.23. The minimum atomic E-state index is 0.846. The van der Waals surface area contributed by atoms with E-state index in [-0.39, 0.29) is 0 Å². The van der Waals surface area contributed by atoms with Crippen molar-refractivity contribution in [2.24, 2.45) is 0 Å². The van der Waals surface area contributed by atoms with E-state index in [9.17, 15) is 0 Å². The van der Waals surface area contributed by atoms with Crippen molar-refractivity contribution in [2.75, 3.05) is 19.0 Å². The average molecular weight is 243 g/mol. The smallest absolute Gasteiger partial charge is 0.144 e. The SMILES string of the molecule is CCc1nn(-c2ccccc2OC)c2c1CCN2. The Hall–Kier alpha value is -1.97. The summed E-state index contributed by atoms with van der Waals surface area (Å²) in [7, 11) is 1.69. The van der Waals surface area contributed by atoms with Gasteiger partial charge in [0.2, 0.25) is 0 Å². The van der Waals surface area contributed by atoms with E-state index in [1.165, 1.54) is 11.3 Å². The van der Waals surface area contributed by atoms with Crippen LogP contribution in [0.2, 0.25) is 0 Å². The second-order valence-corrected chi connectivity index (χ2v) is 4.39. The molecule has 18 heavy (non-hydrogen) atoms. The molecule has 94 valence electrons. The van der Waals surface area contributed by atoms with Crippen molar-refractivity contribution >= 4 is 5.82 Å². The van der Waals surface area contributed by atoms with Crippen LogP contribution in [-0.2, 0) is 12.8 Å². The fourth-order valence-corrected chi connectivity index (χ4v) is 2.51. The molecule has 3 rings (SSSR count). The summed E-state index contributed by atoms with van der Waals surface area (Å²) in [6, 6.07) is 7.97. The third-order valence-electron chi connectivity index (χ3n) is 3.38. The highest BCUT2D eigenvalue weighted by atomic mass is 16.5. The Balaban J connectivity index is 2.17. The Morgan fingerprint density at radius 3 is 3.00 bits per heavy atom. The van der Waals surface area contributed by atoms with Crippen LogP contribution in [-0.4, -0.2) is 23.4 Å². The zero-order valence-corrected chi connectivity index (χ0v) is 10.7. The molecule has 4 heteroatoms. The van der Waals surface area contributed by atoms with Gasteiger partial charge in [-0.05, 0) is 25.0 Å². The van der Waals surface area contributed by atoms with Gasteiger partial charge in [-0.2, -0.15) is 5.10 Å². The average Bonchev–Trinajstić information content (AvgIpc) is 3.00. The van der Waals surface area contributed by atoms with Crippen LogP contribution in [0.3, 0.4) is 0 Å². The maximum absolute atomic E-state index is 5.41. The summed E-state index contributed by atoms with van der Waals surface area (Å²) < 4.78 is 7.39. The molecule has 0 saturated heterocycles. The van der Waals surface area contributed by atoms with Crippen LogP contribution in [0.5, 0.6) is 5.75 Å². The first-order chi connectivity index (χ1) is 8.85. The summed E-state index contributed by atoms with van der Waals surface area (Å²) in [6.07, 6.45) is 2.03. The second-order valence-electron chi connectivity index (χ2n) is 4.39. The molecule has 0 aliphatic carbocycles. The fourth-order valence-electron chi connectivity index (χ4n) is 2.51. The van der Waals surface area contributed by atoms with Crippen molar-refractivity contribution in [3.05, 3.63) is 35.5 Å². The molecule has 1 N–H and O–H groups in total. The second kappa shape index (κ2) is 4.37. The van der Waals surface area contributed by atoms with Gasteiger partial charge in [-0.3, -0.25) is 0 Å². The number of nitrogens with zero attached hydrogens (tertiary/aromatic N) is 2. The third kappa shape index (κ3) is 1.56. The van der Waals surface area contributed by atoms with E-state index in [2.05, 4.69) is 12.2 Å². The number of aryl methyl sites for hydroxylation is 1. The number of rotatable bonds is 3. The van der Waals surface area contributed by atoms with Crippen molar-refractivity contribution < 1.29 is 4.74 Å². The van der Waals surface area contributed by atoms with Crippen molar-refractivity contribution in [1.82, 2.24) is 9.78 Å². The van der Waals surface area contributed by atoms with Gasteiger partial charge < -0.3 is 10.1 Å². The largest absolute Gasteiger partial charge is 0.494 e. The first-order valence-electron chi connectivity index (χ1n) is 6.33. The standard InChI is InChI=1S/C14H17N3O/c1-3-11-10-8-9-15-14(10)17(16-11)12-6-4-5-7-13(12)18-2/h4-7,15H,3,8-9H2,1-2H3. The van der Waals surface area contributed by atoms with E-state index >= 15 is 0 Å². The Morgan fingerprint density at radius 1 is 1.39 bits per heavy atom. The number of fused-ring (bicyclic) bond motifs is 1. The third-order valence-corrected chi connectivity index (χ3v) is 3.38.